The number of aryl methyl sites for hydroxylation is 1. The molecular weight excluding hydrogens is 218 g/mol. The van der Waals surface area contributed by atoms with E-state index in [0.29, 0.717) is 0 Å². The van der Waals surface area contributed by atoms with Gasteiger partial charge >= 0.3 is 0 Å². The Morgan fingerprint density at radius 1 is 1.17 bits per heavy atom. The van der Waals surface area contributed by atoms with Crippen LogP contribution in [-0.4, -0.2) is 0 Å². The molecule has 2 rings (SSSR count). The number of hydrogen-bond donors (Lipinski definition) is 1. The SMILES string of the molecule is CCc1cccc(C(N)CC2CCCCCC2)c1. The first kappa shape index (κ1) is 13.6. The molecule has 0 amide bonds. The highest BCUT2D eigenvalue weighted by atomic mass is 14.6. The molecule has 1 heteroatoms. The zero-order valence-electron chi connectivity index (χ0n) is 11.7. The summed E-state index contributed by atoms with van der Waals surface area (Å²) >= 11 is 0. The van der Waals surface area contributed by atoms with Gasteiger partial charge in [-0.3, -0.25) is 0 Å². The molecule has 2 N–H and O–H groups in total. The second-order valence-electron chi connectivity index (χ2n) is 5.80. The summed E-state index contributed by atoms with van der Waals surface area (Å²) in [6, 6.07) is 9.07. The van der Waals surface area contributed by atoms with Crippen LogP contribution in [0.5, 0.6) is 0 Å². The third kappa shape index (κ3) is 3.84. The van der Waals surface area contributed by atoms with Crippen molar-refractivity contribution >= 4 is 0 Å². The van der Waals surface area contributed by atoms with E-state index in [9.17, 15) is 0 Å². The Balaban J connectivity index is 1.95. The fourth-order valence-corrected chi connectivity index (χ4v) is 3.14. The number of benzene rings is 1. The molecule has 0 aliphatic heterocycles. The largest absolute Gasteiger partial charge is 0.324 e. The fraction of sp³-hybridized carbons (Fsp3) is 0.647. The van der Waals surface area contributed by atoms with Gasteiger partial charge in [0.25, 0.3) is 0 Å². The first-order chi connectivity index (χ1) is 8.79. The monoisotopic (exact) mass is 245 g/mol. The molecule has 1 aliphatic carbocycles. The molecule has 0 spiro atoms. The van der Waals surface area contributed by atoms with E-state index in [4.69, 9.17) is 5.73 Å². The summed E-state index contributed by atoms with van der Waals surface area (Å²) in [6.45, 7) is 2.20. The minimum absolute atomic E-state index is 0.236. The Hall–Kier alpha value is -0.820. The molecule has 1 aromatic rings. The second-order valence-corrected chi connectivity index (χ2v) is 5.80. The Kier molecular flexibility index (Phi) is 5.25. The molecule has 100 valence electrons. The van der Waals surface area contributed by atoms with Crippen LogP contribution in [0.4, 0.5) is 0 Å². The number of rotatable bonds is 4. The highest BCUT2D eigenvalue weighted by Crippen LogP contribution is 2.30. The number of nitrogens with two attached hydrogens (primary N) is 1. The van der Waals surface area contributed by atoms with E-state index < -0.39 is 0 Å². The van der Waals surface area contributed by atoms with Gasteiger partial charge in [0.05, 0.1) is 0 Å². The Morgan fingerprint density at radius 3 is 2.56 bits per heavy atom. The minimum atomic E-state index is 0.236. The zero-order valence-corrected chi connectivity index (χ0v) is 11.7. The molecule has 1 atom stereocenters. The van der Waals surface area contributed by atoms with E-state index in [1.165, 1.54) is 56.1 Å². The van der Waals surface area contributed by atoms with Crippen molar-refractivity contribution in [1.29, 1.82) is 0 Å². The van der Waals surface area contributed by atoms with E-state index in [1.54, 1.807) is 0 Å². The van der Waals surface area contributed by atoms with Gasteiger partial charge in [-0.25, -0.2) is 0 Å². The van der Waals surface area contributed by atoms with Crippen LogP contribution in [0.25, 0.3) is 0 Å². The lowest BCUT2D eigenvalue weighted by Crippen LogP contribution is -2.15. The molecule has 0 heterocycles. The van der Waals surface area contributed by atoms with Gasteiger partial charge in [0, 0.05) is 6.04 Å². The van der Waals surface area contributed by atoms with E-state index in [1.807, 2.05) is 0 Å². The lowest BCUT2D eigenvalue weighted by molar-refractivity contribution is 0.393. The van der Waals surface area contributed by atoms with Gasteiger partial charge in [-0.15, -0.1) is 0 Å². The van der Waals surface area contributed by atoms with Crippen LogP contribution in [0.2, 0.25) is 0 Å². The summed E-state index contributed by atoms with van der Waals surface area (Å²) < 4.78 is 0. The highest BCUT2D eigenvalue weighted by Gasteiger charge is 2.16. The summed E-state index contributed by atoms with van der Waals surface area (Å²) in [5, 5.41) is 0. The summed E-state index contributed by atoms with van der Waals surface area (Å²) in [5.74, 6) is 0.854. The van der Waals surface area contributed by atoms with Gasteiger partial charge in [-0.05, 0) is 29.9 Å². The van der Waals surface area contributed by atoms with Crippen molar-refractivity contribution in [2.24, 2.45) is 11.7 Å². The highest BCUT2D eigenvalue weighted by molar-refractivity contribution is 5.25. The lowest BCUT2D eigenvalue weighted by Gasteiger charge is -2.20. The van der Waals surface area contributed by atoms with Gasteiger partial charge in [0.1, 0.15) is 0 Å². The average molecular weight is 245 g/mol. The summed E-state index contributed by atoms with van der Waals surface area (Å²) in [6.07, 6.45) is 10.7. The van der Waals surface area contributed by atoms with Crippen LogP contribution in [0, 0.1) is 5.92 Å². The van der Waals surface area contributed by atoms with E-state index in [-0.39, 0.29) is 6.04 Å². The molecule has 1 saturated carbocycles. The molecule has 0 aromatic heterocycles. The Labute approximate surface area is 112 Å². The first-order valence-corrected chi connectivity index (χ1v) is 7.64. The van der Waals surface area contributed by atoms with Crippen molar-refractivity contribution < 1.29 is 0 Å². The molecule has 18 heavy (non-hydrogen) atoms. The maximum Gasteiger partial charge on any atom is 0.0297 e. The van der Waals surface area contributed by atoms with Crippen LogP contribution in [-0.2, 0) is 6.42 Å². The quantitative estimate of drug-likeness (QED) is 0.770. The second kappa shape index (κ2) is 6.94. The fourth-order valence-electron chi connectivity index (χ4n) is 3.14. The summed E-state index contributed by atoms with van der Waals surface area (Å²) in [5.41, 5.74) is 9.14. The lowest BCUT2D eigenvalue weighted by atomic mass is 9.89. The predicted molar refractivity (Wildman–Crippen MR) is 78.6 cm³/mol. The molecule has 1 aliphatic rings. The third-order valence-corrected chi connectivity index (χ3v) is 4.35. The standard InChI is InChI=1S/C17H27N/c1-2-14-10-7-11-16(12-14)17(18)13-15-8-5-3-4-6-9-15/h7,10-12,15,17H,2-6,8-9,13,18H2,1H3. The van der Waals surface area contributed by atoms with E-state index in [2.05, 4.69) is 31.2 Å². The molecule has 0 saturated heterocycles. The van der Waals surface area contributed by atoms with Crippen LogP contribution < -0.4 is 5.73 Å². The normalized spacial score (nSPS) is 19.4. The number of hydrogen-bond acceptors (Lipinski definition) is 1. The smallest absolute Gasteiger partial charge is 0.0297 e. The minimum Gasteiger partial charge on any atom is -0.324 e. The molecule has 0 bridgehead atoms. The third-order valence-electron chi connectivity index (χ3n) is 4.35. The van der Waals surface area contributed by atoms with Gasteiger partial charge < -0.3 is 5.73 Å². The van der Waals surface area contributed by atoms with Crippen molar-refractivity contribution in [3.8, 4) is 0 Å². The van der Waals surface area contributed by atoms with Gasteiger partial charge in [-0.1, -0.05) is 69.7 Å². The molecule has 1 unspecified atom stereocenters. The van der Waals surface area contributed by atoms with Crippen LogP contribution in [0.1, 0.15) is 69.0 Å². The van der Waals surface area contributed by atoms with Crippen molar-refractivity contribution in [3.05, 3.63) is 35.4 Å². The molecule has 1 fully saturated rings. The van der Waals surface area contributed by atoms with Crippen molar-refractivity contribution in [3.63, 3.8) is 0 Å². The average Bonchev–Trinajstić information content (AvgIpc) is 2.67. The molecule has 1 aromatic carbocycles. The van der Waals surface area contributed by atoms with Gasteiger partial charge in [-0.2, -0.15) is 0 Å². The molecule has 1 nitrogen and oxygen atoms in total. The van der Waals surface area contributed by atoms with Crippen molar-refractivity contribution in [2.45, 2.75) is 64.3 Å². The zero-order chi connectivity index (χ0) is 12.8. The summed E-state index contributed by atoms with van der Waals surface area (Å²) in [4.78, 5) is 0. The van der Waals surface area contributed by atoms with Gasteiger partial charge in [0.2, 0.25) is 0 Å². The van der Waals surface area contributed by atoms with E-state index in [0.717, 1.165) is 12.3 Å². The summed E-state index contributed by atoms with van der Waals surface area (Å²) in [7, 11) is 0. The Morgan fingerprint density at radius 2 is 1.89 bits per heavy atom. The van der Waals surface area contributed by atoms with E-state index >= 15 is 0 Å². The maximum absolute atomic E-state index is 6.40. The predicted octanol–water partition coefficient (Wildman–Crippen LogP) is 4.61. The first-order valence-electron chi connectivity index (χ1n) is 7.64. The van der Waals surface area contributed by atoms with Crippen LogP contribution in [0.3, 0.4) is 0 Å². The maximum atomic E-state index is 6.40. The van der Waals surface area contributed by atoms with Crippen molar-refractivity contribution in [1.82, 2.24) is 0 Å². The topological polar surface area (TPSA) is 26.0 Å². The molecule has 0 radical (unpaired) electrons. The Bertz CT molecular complexity index is 350. The van der Waals surface area contributed by atoms with Crippen LogP contribution >= 0.6 is 0 Å². The molecular formula is C17H27N. The van der Waals surface area contributed by atoms with Gasteiger partial charge in [0.15, 0.2) is 0 Å². The van der Waals surface area contributed by atoms with Crippen LogP contribution in [0.15, 0.2) is 24.3 Å². The van der Waals surface area contributed by atoms with Crippen molar-refractivity contribution in [2.75, 3.05) is 0 Å².